The lowest BCUT2D eigenvalue weighted by Crippen LogP contribution is -2.52. The SMILES string of the molecule is CCC(N)(CC)CNC(=O)C1CCC(=O)N1.Cl. The van der Waals surface area contributed by atoms with Crippen LogP contribution < -0.4 is 16.4 Å². The molecule has 0 aromatic heterocycles. The van der Waals surface area contributed by atoms with Gasteiger partial charge in [0.2, 0.25) is 11.8 Å². The summed E-state index contributed by atoms with van der Waals surface area (Å²) in [7, 11) is 0. The predicted molar refractivity (Wildman–Crippen MR) is 68.9 cm³/mol. The van der Waals surface area contributed by atoms with Gasteiger partial charge in [-0.3, -0.25) is 9.59 Å². The molecule has 4 N–H and O–H groups in total. The zero-order valence-corrected chi connectivity index (χ0v) is 11.2. The second-order valence-electron chi connectivity index (χ2n) is 4.45. The molecule has 1 aliphatic rings. The van der Waals surface area contributed by atoms with Crippen molar-refractivity contribution in [2.45, 2.75) is 51.1 Å². The fraction of sp³-hybridized carbons (Fsp3) is 0.818. The molecule has 1 saturated heterocycles. The van der Waals surface area contributed by atoms with Crippen LogP contribution in [0.4, 0.5) is 0 Å². The lowest BCUT2D eigenvalue weighted by molar-refractivity contribution is -0.125. The summed E-state index contributed by atoms with van der Waals surface area (Å²) in [5, 5.41) is 5.44. The molecule has 5 nitrogen and oxygen atoms in total. The highest BCUT2D eigenvalue weighted by atomic mass is 35.5. The number of hydrogen-bond donors (Lipinski definition) is 3. The zero-order valence-electron chi connectivity index (χ0n) is 10.4. The van der Waals surface area contributed by atoms with Crippen LogP contribution in [0.2, 0.25) is 0 Å². The number of amides is 2. The van der Waals surface area contributed by atoms with Crippen molar-refractivity contribution in [2.75, 3.05) is 6.54 Å². The molecule has 1 unspecified atom stereocenters. The van der Waals surface area contributed by atoms with Gasteiger partial charge in [0.05, 0.1) is 0 Å². The average molecular weight is 264 g/mol. The standard InChI is InChI=1S/C11H21N3O2.ClH/c1-3-11(12,4-2)7-13-10(16)8-5-6-9(15)14-8;/h8H,3-7,12H2,1-2H3,(H,13,16)(H,14,15);1H. The van der Waals surface area contributed by atoms with Gasteiger partial charge in [-0.05, 0) is 19.3 Å². The Kier molecular flexibility index (Phi) is 6.49. The Hall–Kier alpha value is -0.810. The summed E-state index contributed by atoms with van der Waals surface area (Å²) in [4.78, 5) is 22.6. The third-order valence-corrected chi connectivity index (χ3v) is 3.33. The Morgan fingerprint density at radius 3 is 2.53 bits per heavy atom. The molecular weight excluding hydrogens is 242 g/mol. The summed E-state index contributed by atoms with van der Waals surface area (Å²) < 4.78 is 0. The Bertz CT molecular complexity index is 280. The zero-order chi connectivity index (χ0) is 12.2. The number of hydrogen-bond acceptors (Lipinski definition) is 3. The summed E-state index contributed by atoms with van der Waals surface area (Å²) in [5.74, 6) is -0.173. The van der Waals surface area contributed by atoms with E-state index < -0.39 is 0 Å². The monoisotopic (exact) mass is 263 g/mol. The Labute approximate surface area is 108 Å². The smallest absolute Gasteiger partial charge is 0.242 e. The van der Waals surface area contributed by atoms with E-state index in [2.05, 4.69) is 10.6 Å². The van der Waals surface area contributed by atoms with E-state index >= 15 is 0 Å². The van der Waals surface area contributed by atoms with Crippen LogP contribution in [0.5, 0.6) is 0 Å². The molecule has 0 radical (unpaired) electrons. The third-order valence-electron chi connectivity index (χ3n) is 3.33. The second-order valence-corrected chi connectivity index (χ2v) is 4.45. The highest BCUT2D eigenvalue weighted by molar-refractivity contribution is 5.90. The van der Waals surface area contributed by atoms with Crippen molar-refractivity contribution in [2.24, 2.45) is 5.73 Å². The first-order chi connectivity index (χ1) is 7.50. The van der Waals surface area contributed by atoms with E-state index in [9.17, 15) is 9.59 Å². The van der Waals surface area contributed by atoms with E-state index in [-0.39, 0.29) is 35.8 Å². The molecule has 0 aliphatic carbocycles. The Balaban J connectivity index is 0.00000256. The van der Waals surface area contributed by atoms with E-state index in [0.717, 1.165) is 12.8 Å². The van der Waals surface area contributed by atoms with Crippen molar-refractivity contribution < 1.29 is 9.59 Å². The van der Waals surface area contributed by atoms with Crippen molar-refractivity contribution in [1.82, 2.24) is 10.6 Å². The van der Waals surface area contributed by atoms with Gasteiger partial charge in [-0.1, -0.05) is 13.8 Å². The maximum Gasteiger partial charge on any atom is 0.242 e. The molecule has 100 valence electrons. The Morgan fingerprint density at radius 2 is 2.12 bits per heavy atom. The summed E-state index contributed by atoms with van der Waals surface area (Å²) in [6, 6.07) is -0.370. The van der Waals surface area contributed by atoms with Crippen LogP contribution >= 0.6 is 12.4 Å². The van der Waals surface area contributed by atoms with Gasteiger partial charge < -0.3 is 16.4 Å². The second kappa shape index (κ2) is 6.81. The minimum atomic E-state index is -0.370. The van der Waals surface area contributed by atoms with Crippen LogP contribution in [0.25, 0.3) is 0 Å². The fourth-order valence-corrected chi connectivity index (χ4v) is 1.70. The summed E-state index contributed by atoms with van der Waals surface area (Å²) >= 11 is 0. The van der Waals surface area contributed by atoms with Crippen LogP contribution in [0, 0.1) is 0 Å². The van der Waals surface area contributed by atoms with E-state index in [1.165, 1.54) is 0 Å². The molecule has 2 amide bonds. The van der Waals surface area contributed by atoms with Crippen LogP contribution in [-0.2, 0) is 9.59 Å². The maximum atomic E-state index is 11.7. The van der Waals surface area contributed by atoms with Crippen molar-refractivity contribution in [1.29, 1.82) is 0 Å². The number of nitrogens with one attached hydrogen (secondary N) is 2. The number of halogens is 1. The number of nitrogens with two attached hydrogens (primary N) is 1. The number of carbonyl (C=O) groups excluding carboxylic acids is 2. The van der Waals surface area contributed by atoms with E-state index in [4.69, 9.17) is 5.73 Å². The minimum absolute atomic E-state index is 0. The lowest BCUT2D eigenvalue weighted by atomic mass is 9.94. The fourth-order valence-electron chi connectivity index (χ4n) is 1.70. The highest BCUT2D eigenvalue weighted by Crippen LogP contribution is 2.10. The first kappa shape index (κ1) is 16.2. The molecule has 0 aromatic rings. The van der Waals surface area contributed by atoms with Crippen LogP contribution in [0.1, 0.15) is 39.5 Å². The van der Waals surface area contributed by atoms with Gasteiger partial charge in [0.25, 0.3) is 0 Å². The predicted octanol–water partition coefficient (Wildman–Crippen LogP) is 0.320. The van der Waals surface area contributed by atoms with Crippen molar-refractivity contribution >= 4 is 24.2 Å². The average Bonchev–Trinajstić information content (AvgIpc) is 2.72. The first-order valence-electron chi connectivity index (χ1n) is 5.86. The number of carbonyl (C=O) groups is 2. The van der Waals surface area contributed by atoms with Gasteiger partial charge in [-0.25, -0.2) is 0 Å². The Morgan fingerprint density at radius 1 is 1.53 bits per heavy atom. The summed E-state index contributed by atoms with van der Waals surface area (Å²) in [6.45, 7) is 4.48. The van der Waals surface area contributed by atoms with Crippen LogP contribution in [0.15, 0.2) is 0 Å². The summed E-state index contributed by atoms with van der Waals surface area (Å²) in [6.07, 6.45) is 2.66. The van der Waals surface area contributed by atoms with E-state index in [1.807, 2.05) is 13.8 Å². The molecule has 1 aliphatic heterocycles. The van der Waals surface area contributed by atoms with Gasteiger partial charge in [0.15, 0.2) is 0 Å². The topological polar surface area (TPSA) is 84.2 Å². The van der Waals surface area contributed by atoms with E-state index in [0.29, 0.717) is 19.4 Å². The van der Waals surface area contributed by atoms with E-state index in [1.54, 1.807) is 0 Å². The molecule has 0 aromatic carbocycles. The molecule has 17 heavy (non-hydrogen) atoms. The molecule has 0 saturated carbocycles. The molecular formula is C11H22ClN3O2. The normalized spacial score (nSPS) is 19.5. The number of rotatable bonds is 5. The van der Waals surface area contributed by atoms with Gasteiger partial charge in [-0.15, -0.1) is 12.4 Å². The third kappa shape index (κ3) is 4.52. The minimum Gasteiger partial charge on any atom is -0.352 e. The maximum absolute atomic E-state index is 11.7. The molecule has 0 bridgehead atoms. The molecule has 1 heterocycles. The first-order valence-corrected chi connectivity index (χ1v) is 5.86. The van der Waals surface area contributed by atoms with Crippen LogP contribution in [-0.4, -0.2) is 29.9 Å². The van der Waals surface area contributed by atoms with Gasteiger partial charge in [0.1, 0.15) is 6.04 Å². The van der Waals surface area contributed by atoms with Crippen LogP contribution in [0.3, 0.4) is 0 Å². The molecule has 0 spiro atoms. The molecule has 1 atom stereocenters. The van der Waals surface area contributed by atoms with Gasteiger partial charge in [-0.2, -0.15) is 0 Å². The molecule has 1 fully saturated rings. The molecule has 6 heteroatoms. The van der Waals surface area contributed by atoms with Crippen molar-refractivity contribution in [3.05, 3.63) is 0 Å². The highest BCUT2D eigenvalue weighted by Gasteiger charge is 2.28. The molecule has 1 rings (SSSR count). The van der Waals surface area contributed by atoms with Crippen molar-refractivity contribution in [3.63, 3.8) is 0 Å². The summed E-state index contributed by atoms with van der Waals surface area (Å²) in [5.41, 5.74) is 5.73. The van der Waals surface area contributed by atoms with Gasteiger partial charge >= 0.3 is 0 Å². The lowest BCUT2D eigenvalue weighted by Gasteiger charge is -2.27. The quantitative estimate of drug-likeness (QED) is 0.668. The largest absolute Gasteiger partial charge is 0.352 e. The van der Waals surface area contributed by atoms with Gasteiger partial charge in [0, 0.05) is 18.5 Å². The van der Waals surface area contributed by atoms with Crippen molar-refractivity contribution in [3.8, 4) is 0 Å².